The lowest BCUT2D eigenvalue weighted by Gasteiger charge is -2.26. The van der Waals surface area contributed by atoms with Gasteiger partial charge in [-0.05, 0) is 49.9 Å². The number of amides is 4. The van der Waals surface area contributed by atoms with Crippen LogP contribution < -0.4 is 21.3 Å². The summed E-state index contributed by atoms with van der Waals surface area (Å²) in [6.45, 7) is 12.0. The average Bonchev–Trinajstić information content (AvgIpc) is 2.80. The number of unbranched alkanes of at least 4 members (excludes halogenated alkanes) is 1. The van der Waals surface area contributed by atoms with Gasteiger partial charge in [0.25, 0.3) is 0 Å². The molecular weight excluding hydrogens is 406 g/mol. The molecule has 1 aliphatic rings. The van der Waals surface area contributed by atoms with Gasteiger partial charge in [0.2, 0.25) is 0 Å². The molecule has 0 spiro atoms. The number of morpholine rings is 1. The maximum absolute atomic E-state index is 12.4. The minimum absolute atomic E-state index is 0.215. The van der Waals surface area contributed by atoms with Crippen molar-refractivity contribution in [1.82, 2.24) is 15.5 Å². The normalized spacial score (nSPS) is 15.1. The number of urea groups is 2. The van der Waals surface area contributed by atoms with Crippen molar-refractivity contribution in [3.05, 3.63) is 23.8 Å². The van der Waals surface area contributed by atoms with Gasteiger partial charge in [-0.25, -0.2) is 9.59 Å². The van der Waals surface area contributed by atoms with Crippen LogP contribution in [0.15, 0.2) is 18.2 Å². The number of benzene rings is 1. The Hall–Kier alpha value is -2.32. The molecule has 8 heteroatoms. The quantitative estimate of drug-likeness (QED) is 0.362. The van der Waals surface area contributed by atoms with E-state index >= 15 is 0 Å². The van der Waals surface area contributed by atoms with Crippen molar-refractivity contribution in [3.8, 4) is 0 Å². The van der Waals surface area contributed by atoms with Gasteiger partial charge in [-0.15, -0.1) is 0 Å². The Labute approximate surface area is 192 Å². The SMILES string of the molecule is CCCCC(CC)CNC(=O)Nc1cc(NC(=O)NCCCN2CCOCC2)ccc1C. The van der Waals surface area contributed by atoms with Crippen LogP contribution in [0.25, 0.3) is 0 Å². The minimum atomic E-state index is -0.243. The number of ether oxygens (including phenoxy) is 1. The zero-order chi connectivity index (χ0) is 23.2. The molecule has 0 aliphatic carbocycles. The van der Waals surface area contributed by atoms with Gasteiger partial charge in [0.1, 0.15) is 0 Å². The van der Waals surface area contributed by atoms with E-state index in [-0.39, 0.29) is 12.1 Å². The summed E-state index contributed by atoms with van der Waals surface area (Å²) in [5.74, 6) is 0.502. The Morgan fingerprint density at radius 3 is 2.53 bits per heavy atom. The van der Waals surface area contributed by atoms with Gasteiger partial charge >= 0.3 is 12.1 Å². The van der Waals surface area contributed by atoms with Crippen molar-refractivity contribution >= 4 is 23.4 Å². The Morgan fingerprint density at radius 1 is 1.06 bits per heavy atom. The molecule has 32 heavy (non-hydrogen) atoms. The number of nitrogens with one attached hydrogen (secondary N) is 4. The summed E-state index contributed by atoms with van der Waals surface area (Å²) in [5.41, 5.74) is 2.27. The van der Waals surface area contributed by atoms with Crippen LogP contribution in [0.4, 0.5) is 21.0 Å². The first-order chi connectivity index (χ1) is 15.5. The lowest BCUT2D eigenvalue weighted by Crippen LogP contribution is -2.38. The first-order valence-electron chi connectivity index (χ1n) is 12.0. The van der Waals surface area contributed by atoms with Crippen molar-refractivity contribution in [2.75, 3.05) is 56.6 Å². The number of anilines is 2. The fourth-order valence-electron chi connectivity index (χ4n) is 3.69. The fourth-order valence-corrected chi connectivity index (χ4v) is 3.69. The van der Waals surface area contributed by atoms with Crippen molar-refractivity contribution < 1.29 is 14.3 Å². The number of carbonyl (C=O) groups is 2. The maximum Gasteiger partial charge on any atom is 0.319 e. The Morgan fingerprint density at radius 2 is 1.81 bits per heavy atom. The second kappa shape index (κ2) is 14.7. The third-order valence-electron chi connectivity index (χ3n) is 5.88. The maximum atomic E-state index is 12.4. The van der Waals surface area contributed by atoms with Gasteiger partial charge in [-0.1, -0.05) is 39.2 Å². The highest BCUT2D eigenvalue weighted by molar-refractivity contribution is 5.93. The molecule has 1 aromatic rings. The predicted octanol–water partition coefficient (Wildman–Crippen LogP) is 4.18. The van der Waals surface area contributed by atoms with E-state index in [1.54, 1.807) is 6.07 Å². The lowest BCUT2D eigenvalue weighted by atomic mass is 9.99. The standard InChI is InChI=1S/C24H41N5O3/c1-4-6-8-20(5-2)18-26-24(31)28-22-17-21(10-9-19(22)3)27-23(30)25-11-7-12-29-13-15-32-16-14-29/h9-10,17,20H,4-8,11-16,18H2,1-3H3,(H2,25,27,30)(H2,26,28,31). The molecule has 8 nitrogen and oxygen atoms in total. The van der Waals surface area contributed by atoms with E-state index in [0.29, 0.717) is 30.4 Å². The second-order valence-electron chi connectivity index (χ2n) is 8.47. The summed E-state index contributed by atoms with van der Waals surface area (Å²) < 4.78 is 5.34. The molecule has 0 saturated carbocycles. The smallest absolute Gasteiger partial charge is 0.319 e. The van der Waals surface area contributed by atoms with E-state index in [1.807, 2.05) is 19.1 Å². The molecule has 1 atom stereocenters. The highest BCUT2D eigenvalue weighted by atomic mass is 16.5. The van der Waals surface area contributed by atoms with Crippen LogP contribution in [-0.2, 0) is 4.74 Å². The summed E-state index contributed by atoms with van der Waals surface area (Å²) in [7, 11) is 0. The minimum Gasteiger partial charge on any atom is -0.379 e. The summed E-state index contributed by atoms with van der Waals surface area (Å²) in [6, 6.07) is 5.06. The molecule has 0 aromatic heterocycles. The molecule has 4 N–H and O–H groups in total. The largest absolute Gasteiger partial charge is 0.379 e. The first kappa shape index (κ1) is 25.9. The number of hydrogen-bond donors (Lipinski definition) is 4. The molecule has 1 unspecified atom stereocenters. The van der Waals surface area contributed by atoms with Gasteiger partial charge < -0.3 is 26.0 Å². The van der Waals surface area contributed by atoms with Gasteiger partial charge in [0, 0.05) is 37.6 Å². The summed E-state index contributed by atoms with van der Waals surface area (Å²) in [4.78, 5) is 26.9. The van der Waals surface area contributed by atoms with E-state index in [4.69, 9.17) is 4.74 Å². The zero-order valence-electron chi connectivity index (χ0n) is 20.0. The highest BCUT2D eigenvalue weighted by Crippen LogP contribution is 2.20. The van der Waals surface area contributed by atoms with Gasteiger partial charge in [0.15, 0.2) is 0 Å². The number of rotatable bonds is 12. The fraction of sp³-hybridized carbons (Fsp3) is 0.667. The lowest BCUT2D eigenvalue weighted by molar-refractivity contribution is 0.0375. The van der Waals surface area contributed by atoms with Crippen molar-refractivity contribution in [1.29, 1.82) is 0 Å². The van der Waals surface area contributed by atoms with Gasteiger partial charge in [-0.3, -0.25) is 4.90 Å². The molecule has 1 aromatic carbocycles. The van der Waals surface area contributed by atoms with Crippen molar-refractivity contribution in [2.45, 2.75) is 52.9 Å². The van der Waals surface area contributed by atoms with Crippen LogP contribution in [-0.4, -0.2) is 62.9 Å². The second-order valence-corrected chi connectivity index (χ2v) is 8.47. The molecule has 1 aliphatic heterocycles. The summed E-state index contributed by atoms with van der Waals surface area (Å²) in [6.07, 6.45) is 5.44. The summed E-state index contributed by atoms with van der Waals surface area (Å²) >= 11 is 0. The molecule has 0 radical (unpaired) electrons. The zero-order valence-corrected chi connectivity index (χ0v) is 20.0. The van der Waals surface area contributed by atoms with Crippen LogP contribution in [0.3, 0.4) is 0 Å². The Kier molecular flexibility index (Phi) is 11.9. The van der Waals surface area contributed by atoms with Crippen LogP contribution in [0, 0.1) is 12.8 Å². The number of nitrogens with zero attached hydrogens (tertiary/aromatic N) is 1. The molecule has 4 amide bonds. The topological polar surface area (TPSA) is 94.7 Å². The van der Waals surface area contributed by atoms with E-state index in [2.05, 4.69) is 40.0 Å². The summed E-state index contributed by atoms with van der Waals surface area (Å²) in [5, 5.41) is 11.6. The number of aryl methyl sites for hydroxylation is 1. The van der Waals surface area contributed by atoms with Crippen molar-refractivity contribution in [3.63, 3.8) is 0 Å². The van der Waals surface area contributed by atoms with E-state index in [1.165, 1.54) is 12.8 Å². The first-order valence-corrected chi connectivity index (χ1v) is 12.0. The van der Waals surface area contributed by atoms with Gasteiger partial charge in [0.05, 0.1) is 13.2 Å². The number of carbonyl (C=O) groups excluding carboxylic acids is 2. The van der Waals surface area contributed by atoms with E-state index in [9.17, 15) is 9.59 Å². The molecular formula is C24H41N5O3. The highest BCUT2D eigenvalue weighted by Gasteiger charge is 2.11. The molecule has 180 valence electrons. The van der Waals surface area contributed by atoms with E-state index < -0.39 is 0 Å². The monoisotopic (exact) mass is 447 g/mol. The van der Waals surface area contributed by atoms with Crippen LogP contribution in [0.2, 0.25) is 0 Å². The molecule has 0 bridgehead atoms. The third kappa shape index (κ3) is 9.87. The number of hydrogen-bond acceptors (Lipinski definition) is 4. The third-order valence-corrected chi connectivity index (χ3v) is 5.88. The van der Waals surface area contributed by atoms with Crippen molar-refractivity contribution in [2.24, 2.45) is 5.92 Å². The predicted molar refractivity (Wildman–Crippen MR) is 130 cm³/mol. The van der Waals surface area contributed by atoms with Crippen LogP contribution >= 0.6 is 0 Å². The molecule has 1 fully saturated rings. The molecule has 2 rings (SSSR count). The Bertz CT molecular complexity index is 707. The van der Waals surface area contributed by atoms with Crippen LogP contribution in [0.1, 0.15) is 51.5 Å². The van der Waals surface area contributed by atoms with E-state index in [0.717, 1.165) is 57.7 Å². The average molecular weight is 448 g/mol. The molecule has 1 saturated heterocycles. The molecule has 1 heterocycles. The Balaban J connectivity index is 1.74. The van der Waals surface area contributed by atoms with Crippen LogP contribution in [0.5, 0.6) is 0 Å². The van der Waals surface area contributed by atoms with Gasteiger partial charge in [-0.2, -0.15) is 0 Å².